The van der Waals surface area contributed by atoms with Crippen molar-refractivity contribution in [1.29, 1.82) is 0 Å². The Morgan fingerprint density at radius 2 is 1.92 bits per heavy atom. The van der Waals surface area contributed by atoms with E-state index >= 15 is 4.39 Å². The van der Waals surface area contributed by atoms with E-state index in [1.807, 2.05) is 0 Å². The van der Waals surface area contributed by atoms with Gasteiger partial charge < -0.3 is 31.1 Å². The fraction of sp³-hybridized carbons (Fsp3) is 0.371. The number of anilines is 2. The lowest BCUT2D eigenvalue weighted by molar-refractivity contribution is -0.144. The lowest BCUT2D eigenvalue weighted by Gasteiger charge is -2.45. The van der Waals surface area contributed by atoms with Crippen molar-refractivity contribution in [3.63, 3.8) is 0 Å². The molecule has 1 saturated heterocycles. The van der Waals surface area contributed by atoms with Crippen molar-refractivity contribution < 1.29 is 37.0 Å². The van der Waals surface area contributed by atoms with Gasteiger partial charge in [-0.2, -0.15) is 0 Å². The third kappa shape index (κ3) is 6.56. The smallest absolute Gasteiger partial charge is 0.308 e. The predicted octanol–water partition coefficient (Wildman–Crippen LogP) is 4.21. The maximum absolute atomic E-state index is 15.8. The SMILES string of the molecule is CCOc1ccc(F)c([C@H](Nc2ccc3c(N)nccc3c2)C(=O)N2CCC(C(=O)O)C2C2C=CC=CC2(NC(C)=O)S(=O)(=O)C(C)C)c1. The number of nitrogens with one attached hydrogen (secondary N) is 2. The second-order valence-electron chi connectivity index (χ2n) is 12.4. The van der Waals surface area contributed by atoms with Crippen LogP contribution in [0.25, 0.3) is 10.8 Å². The molecular formula is C35H40FN5O7S. The lowest BCUT2D eigenvalue weighted by atomic mass is 9.80. The third-order valence-electron chi connectivity index (χ3n) is 9.10. The Balaban J connectivity index is 1.66. The Kier molecular flexibility index (Phi) is 10.00. The number of rotatable bonds is 11. The highest BCUT2D eigenvalue weighted by atomic mass is 32.2. The number of fused-ring (bicyclic) bond motifs is 1. The molecule has 2 heterocycles. The van der Waals surface area contributed by atoms with Crippen LogP contribution in [0.2, 0.25) is 0 Å². The van der Waals surface area contributed by atoms with E-state index in [1.165, 1.54) is 68.3 Å². The van der Waals surface area contributed by atoms with Crippen LogP contribution in [0.5, 0.6) is 5.75 Å². The second kappa shape index (κ2) is 13.9. The standard InChI is InChI=1S/C35H40FN5O7S/c1-5-48-24-10-12-29(36)27(19-24)30(39-23-9-11-25-22(18-23)13-16-38-32(25)37)33(43)41-17-14-26(34(44)45)31(41)28-8-6-7-15-35(28,40-21(4)42)49(46,47)20(2)3/h6-13,15-16,18-20,26,28,30-31,39H,5,14,17H2,1-4H3,(H2,37,38)(H,40,42)(H,44,45)/t26?,28?,30-,31?,35?/m0/s1. The number of pyridine rings is 1. The summed E-state index contributed by atoms with van der Waals surface area (Å²) in [6.07, 6.45) is 7.43. The molecule has 0 radical (unpaired) electrons. The molecule has 2 aromatic carbocycles. The van der Waals surface area contributed by atoms with Crippen molar-refractivity contribution in [1.82, 2.24) is 15.2 Å². The van der Waals surface area contributed by atoms with E-state index in [0.29, 0.717) is 28.0 Å². The number of aliphatic carboxylic acids is 1. The molecule has 3 aromatic rings. The first-order valence-corrected chi connectivity index (χ1v) is 17.5. The van der Waals surface area contributed by atoms with Gasteiger partial charge in [-0.1, -0.05) is 18.2 Å². The summed E-state index contributed by atoms with van der Waals surface area (Å²) in [5, 5.41) is 16.6. The summed E-state index contributed by atoms with van der Waals surface area (Å²) < 4.78 is 49.6. The number of carbonyl (C=O) groups excluding carboxylic acids is 2. The highest BCUT2D eigenvalue weighted by Crippen LogP contribution is 2.44. The molecule has 2 aliphatic rings. The maximum atomic E-state index is 15.8. The van der Waals surface area contributed by atoms with E-state index in [1.54, 1.807) is 37.3 Å². The molecule has 0 bridgehead atoms. The van der Waals surface area contributed by atoms with Crippen LogP contribution in [0, 0.1) is 17.7 Å². The van der Waals surface area contributed by atoms with Crippen molar-refractivity contribution in [2.24, 2.45) is 11.8 Å². The number of nitrogens with two attached hydrogens (primary N) is 1. The number of amides is 2. The van der Waals surface area contributed by atoms with Crippen LogP contribution < -0.4 is 21.1 Å². The number of carboxylic acids is 1. The van der Waals surface area contributed by atoms with Crippen molar-refractivity contribution in [2.75, 3.05) is 24.2 Å². The summed E-state index contributed by atoms with van der Waals surface area (Å²) >= 11 is 0. The van der Waals surface area contributed by atoms with Crippen molar-refractivity contribution >= 4 is 49.9 Å². The van der Waals surface area contributed by atoms with Crippen LogP contribution in [-0.2, 0) is 24.2 Å². The number of benzene rings is 2. The third-order valence-corrected chi connectivity index (χ3v) is 11.8. The maximum Gasteiger partial charge on any atom is 0.308 e. The van der Waals surface area contributed by atoms with Gasteiger partial charge in [-0.3, -0.25) is 14.4 Å². The number of hydrogen-bond donors (Lipinski definition) is 4. The first-order chi connectivity index (χ1) is 23.2. The molecule has 1 aliphatic heterocycles. The van der Waals surface area contributed by atoms with E-state index in [2.05, 4.69) is 15.6 Å². The second-order valence-corrected chi connectivity index (χ2v) is 15.1. The molecule has 0 spiro atoms. The Bertz CT molecular complexity index is 1950. The minimum atomic E-state index is -4.21. The summed E-state index contributed by atoms with van der Waals surface area (Å²) in [6, 6.07) is 8.20. The van der Waals surface area contributed by atoms with Gasteiger partial charge in [0.05, 0.1) is 23.8 Å². The van der Waals surface area contributed by atoms with E-state index in [4.69, 9.17) is 10.5 Å². The molecule has 2 amide bonds. The molecule has 1 fully saturated rings. The van der Waals surface area contributed by atoms with Gasteiger partial charge in [0.2, 0.25) is 11.8 Å². The number of sulfone groups is 1. The van der Waals surface area contributed by atoms with Crippen LogP contribution in [0.1, 0.15) is 45.7 Å². The first kappa shape index (κ1) is 35.3. The zero-order valence-corrected chi connectivity index (χ0v) is 28.4. The van der Waals surface area contributed by atoms with Crippen molar-refractivity contribution in [3.05, 3.63) is 84.3 Å². The summed E-state index contributed by atoms with van der Waals surface area (Å²) in [6.45, 7) is 6.08. The summed E-state index contributed by atoms with van der Waals surface area (Å²) in [5.74, 6) is -5.11. The van der Waals surface area contributed by atoms with Crippen LogP contribution in [0.4, 0.5) is 15.9 Å². The highest BCUT2D eigenvalue weighted by Gasteiger charge is 2.58. The Morgan fingerprint density at radius 1 is 1.16 bits per heavy atom. The van der Waals surface area contributed by atoms with Gasteiger partial charge in [-0.15, -0.1) is 0 Å². The summed E-state index contributed by atoms with van der Waals surface area (Å²) in [5.41, 5.74) is 6.40. The number of ether oxygens (including phenoxy) is 1. The zero-order valence-electron chi connectivity index (χ0n) is 27.6. The van der Waals surface area contributed by atoms with Gasteiger partial charge in [-0.05, 0) is 81.1 Å². The molecule has 5 N–H and O–H groups in total. The zero-order chi connectivity index (χ0) is 35.7. The minimum Gasteiger partial charge on any atom is -0.494 e. The van der Waals surface area contributed by atoms with Gasteiger partial charge in [0.1, 0.15) is 23.4 Å². The van der Waals surface area contributed by atoms with Crippen LogP contribution >= 0.6 is 0 Å². The fourth-order valence-electron chi connectivity index (χ4n) is 6.83. The number of carboxylic acid groups (broad SMARTS) is 1. The molecule has 4 unspecified atom stereocenters. The van der Waals surface area contributed by atoms with E-state index in [-0.39, 0.29) is 25.1 Å². The minimum absolute atomic E-state index is 0.00584. The number of nitrogens with zero attached hydrogens (tertiary/aromatic N) is 2. The first-order valence-electron chi connectivity index (χ1n) is 16.0. The van der Waals surface area contributed by atoms with Crippen molar-refractivity contribution in [3.8, 4) is 5.75 Å². The number of allylic oxidation sites excluding steroid dienone is 2. The van der Waals surface area contributed by atoms with E-state index in [9.17, 15) is 27.9 Å². The van der Waals surface area contributed by atoms with Gasteiger partial charge in [0, 0.05) is 42.2 Å². The van der Waals surface area contributed by atoms with Gasteiger partial charge >= 0.3 is 5.97 Å². The molecule has 49 heavy (non-hydrogen) atoms. The number of aromatic nitrogens is 1. The Morgan fingerprint density at radius 3 is 2.59 bits per heavy atom. The van der Waals surface area contributed by atoms with Gasteiger partial charge in [-0.25, -0.2) is 17.8 Å². The average molecular weight is 694 g/mol. The average Bonchev–Trinajstić information content (AvgIpc) is 3.50. The summed E-state index contributed by atoms with van der Waals surface area (Å²) in [4.78, 5) is 43.6. The fourth-order valence-corrected chi connectivity index (χ4v) is 8.76. The number of halogens is 1. The lowest BCUT2D eigenvalue weighted by Crippen LogP contribution is -2.65. The predicted molar refractivity (Wildman–Crippen MR) is 184 cm³/mol. The van der Waals surface area contributed by atoms with Gasteiger partial charge in [0.15, 0.2) is 14.7 Å². The number of nitrogen functional groups attached to an aromatic ring is 1. The number of carbonyl (C=O) groups is 3. The number of likely N-dealkylation sites (tertiary alicyclic amines) is 1. The van der Waals surface area contributed by atoms with Crippen LogP contribution in [-0.4, -0.2) is 70.5 Å². The molecule has 5 rings (SSSR count). The van der Waals surface area contributed by atoms with Crippen LogP contribution in [0.3, 0.4) is 0 Å². The highest BCUT2D eigenvalue weighted by molar-refractivity contribution is 7.93. The van der Waals surface area contributed by atoms with E-state index in [0.717, 1.165) is 0 Å². The molecule has 1 aromatic heterocycles. The normalized spacial score (nSPS) is 22.7. The van der Waals surface area contributed by atoms with E-state index < -0.39 is 67.5 Å². The van der Waals surface area contributed by atoms with Gasteiger partial charge in [0.25, 0.3) is 0 Å². The molecular weight excluding hydrogens is 653 g/mol. The molecule has 0 saturated carbocycles. The van der Waals surface area contributed by atoms with Crippen molar-refractivity contribution in [2.45, 2.75) is 56.3 Å². The molecule has 12 nitrogen and oxygen atoms in total. The molecule has 1 aliphatic carbocycles. The molecule has 260 valence electrons. The number of hydrogen-bond acceptors (Lipinski definition) is 9. The monoisotopic (exact) mass is 693 g/mol. The molecule has 5 atom stereocenters. The summed E-state index contributed by atoms with van der Waals surface area (Å²) in [7, 11) is -4.21. The Hall–Kier alpha value is -4.98. The molecule has 14 heteroatoms. The Labute approximate surface area is 284 Å². The quantitative estimate of drug-likeness (QED) is 0.227. The topological polar surface area (TPSA) is 181 Å². The van der Waals surface area contributed by atoms with Crippen LogP contribution in [0.15, 0.2) is 73.0 Å². The largest absolute Gasteiger partial charge is 0.494 e.